The number of hydrogen-bond donors (Lipinski definition) is 1. The molecule has 4 rings (SSSR count). The van der Waals surface area contributed by atoms with Gasteiger partial charge in [-0.1, -0.05) is 36.8 Å². The molecule has 1 fully saturated rings. The standard InChI is InChI=1S/C19H21N5/c1-2-6-16(7-3-1)19-20-12-15(13-21-19)14-24-11-5-4-8-18(24)17-9-10-22-23-17/h1-3,6-7,9-10,12-13,18H,4-5,8,11,14H2,(H,22,23)/t18-/m1/s1. The second-order valence-electron chi connectivity index (χ2n) is 6.27. The molecule has 0 radical (unpaired) electrons. The Morgan fingerprint density at radius 3 is 2.62 bits per heavy atom. The summed E-state index contributed by atoms with van der Waals surface area (Å²) in [6, 6.07) is 12.6. The average molecular weight is 319 g/mol. The van der Waals surface area contributed by atoms with Crippen LogP contribution in [0.2, 0.25) is 0 Å². The highest BCUT2D eigenvalue weighted by Gasteiger charge is 2.25. The summed E-state index contributed by atoms with van der Waals surface area (Å²) in [7, 11) is 0. The number of H-pyrrole nitrogens is 1. The van der Waals surface area contributed by atoms with Gasteiger partial charge in [0.1, 0.15) is 0 Å². The Hall–Kier alpha value is -2.53. The SMILES string of the molecule is c1ccc(-c2ncc(CN3CCCC[C@@H]3c3ccn[nH]3)cn2)cc1. The van der Waals surface area contributed by atoms with Crippen molar-refractivity contribution in [2.75, 3.05) is 6.54 Å². The largest absolute Gasteiger partial charge is 0.290 e. The highest BCUT2D eigenvalue weighted by Crippen LogP contribution is 2.30. The van der Waals surface area contributed by atoms with E-state index in [1.54, 1.807) is 0 Å². The quantitative estimate of drug-likeness (QED) is 0.798. The molecule has 3 aromatic rings. The van der Waals surface area contributed by atoms with Crippen LogP contribution in [-0.2, 0) is 6.54 Å². The molecule has 1 N–H and O–H groups in total. The van der Waals surface area contributed by atoms with Gasteiger partial charge in [0.25, 0.3) is 0 Å². The molecule has 122 valence electrons. The number of likely N-dealkylation sites (tertiary alicyclic amines) is 1. The zero-order valence-corrected chi connectivity index (χ0v) is 13.6. The number of piperidine rings is 1. The van der Waals surface area contributed by atoms with Crippen LogP contribution < -0.4 is 0 Å². The maximum absolute atomic E-state index is 4.54. The third kappa shape index (κ3) is 3.21. The lowest BCUT2D eigenvalue weighted by atomic mass is 9.99. The summed E-state index contributed by atoms with van der Waals surface area (Å²) in [5, 5.41) is 7.24. The van der Waals surface area contributed by atoms with E-state index < -0.39 is 0 Å². The Kier molecular flexibility index (Phi) is 4.34. The van der Waals surface area contributed by atoms with Gasteiger partial charge in [-0.25, -0.2) is 9.97 Å². The summed E-state index contributed by atoms with van der Waals surface area (Å²) < 4.78 is 0. The van der Waals surface area contributed by atoms with Crippen LogP contribution in [0.4, 0.5) is 0 Å². The van der Waals surface area contributed by atoms with Crippen molar-refractivity contribution < 1.29 is 0 Å². The molecule has 0 amide bonds. The Balaban J connectivity index is 1.50. The summed E-state index contributed by atoms with van der Waals surface area (Å²) in [5.41, 5.74) is 3.41. The van der Waals surface area contributed by atoms with Crippen LogP contribution in [0.1, 0.15) is 36.6 Å². The lowest BCUT2D eigenvalue weighted by molar-refractivity contribution is 0.137. The van der Waals surface area contributed by atoms with Gasteiger partial charge in [-0.3, -0.25) is 10.00 Å². The molecule has 3 heterocycles. The topological polar surface area (TPSA) is 57.7 Å². The second kappa shape index (κ2) is 6.93. The predicted molar refractivity (Wildman–Crippen MR) is 93.1 cm³/mol. The number of nitrogens with zero attached hydrogens (tertiary/aromatic N) is 4. The van der Waals surface area contributed by atoms with Gasteiger partial charge in [-0.15, -0.1) is 0 Å². The fourth-order valence-electron chi connectivity index (χ4n) is 3.39. The molecule has 1 saturated heterocycles. The molecule has 0 aliphatic carbocycles. The van der Waals surface area contributed by atoms with Crippen molar-refractivity contribution in [1.82, 2.24) is 25.1 Å². The smallest absolute Gasteiger partial charge is 0.159 e. The lowest BCUT2D eigenvalue weighted by Gasteiger charge is -2.34. The van der Waals surface area contributed by atoms with Crippen LogP contribution in [0.3, 0.4) is 0 Å². The molecule has 24 heavy (non-hydrogen) atoms. The number of nitrogens with one attached hydrogen (secondary N) is 1. The zero-order valence-electron chi connectivity index (χ0n) is 13.6. The lowest BCUT2D eigenvalue weighted by Crippen LogP contribution is -2.33. The Labute approximate surface area is 141 Å². The van der Waals surface area contributed by atoms with Gasteiger partial charge in [0.2, 0.25) is 0 Å². The Morgan fingerprint density at radius 1 is 1.04 bits per heavy atom. The summed E-state index contributed by atoms with van der Waals surface area (Å²) >= 11 is 0. The first-order valence-electron chi connectivity index (χ1n) is 8.50. The van der Waals surface area contributed by atoms with Crippen LogP contribution >= 0.6 is 0 Å². The zero-order chi connectivity index (χ0) is 16.2. The van der Waals surface area contributed by atoms with Crippen molar-refractivity contribution in [1.29, 1.82) is 0 Å². The van der Waals surface area contributed by atoms with E-state index in [-0.39, 0.29) is 0 Å². The summed E-state index contributed by atoms with van der Waals surface area (Å²) in [6.45, 7) is 1.98. The van der Waals surface area contributed by atoms with E-state index in [1.807, 2.05) is 48.9 Å². The van der Waals surface area contributed by atoms with E-state index in [9.17, 15) is 0 Å². The van der Waals surface area contributed by atoms with Gasteiger partial charge in [0, 0.05) is 36.3 Å². The van der Waals surface area contributed by atoms with Crippen LogP contribution in [0.5, 0.6) is 0 Å². The van der Waals surface area contributed by atoms with E-state index >= 15 is 0 Å². The molecular formula is C19H21N5. The fourth-order valence-corrected chi connectivity index (χ4v) is 3.39. The number of hydrogen-bond acceptors (Lipinski definition) is 4. The monoisotopic (exact) mass is 319 g/mol. The fraction of sp³-hybridized carbons (Fsp3) is 0.316. The summed E-state index contributed by atoms with van der Waals surface area (Å²) in [4.78, 5) is 11.6. The van der Waals surface area contributed by atoms with E-state index in [4.69, 9.17) is 0 Å². The first-order chi connectivity index (χ1) is 11.9. The van der Waals surface area contributed by atoms with Gasteiger partial charge < -0.3 is 0 Å². The maximum atomic E-state index is 4.54. The normalized spacial score (nSPS) is 18.6. The third-order valence-electron chi connectivity index (χ3n) is 4.62. The van der Waals surface area contributed by atoms with E-state index in [0.717, 1.165) is 30.0 Å². The van der Waals surface area contributed by atoms with Crippen LogP contribution in [0, 0.1) is 0 Å². The van der Waals surface area contributed by atoms with Crippen molar-refractivity contribution in [2.24, 2.45) is 0 Å². The molecule has 1 aliphatic heterocycles. The minimum absolute atomic E-state index is 0.412. The molecular weight excluding hydrogens is 298 g/mol. The molecule has 5 nitrogen and oxygen atoms in total. The predicted octanol–water partition coefficient (Wildman–Crippen LogP) is 3.59. The third-order valence-corrected chi connectivity index (χ3v) is 4.62. The van der Waals surface area contributed by atoms with Crippen molar-refractivity contribution in [3.63, 3.8) is 0 Å². The maximum Gasteiger partial charge on any atom is 0.159 e. The van der Waals surface area contributed by atoms with E-state index in [2.05, 4.69) is 31.1 Å². The first kappa shape index (κ1) is 15.0. The number of aromatic amines is 1. The van der Waals surface area contributed by atoms with E-state index in [0.29, 0.717) is 6.04 Å². The highest BCUT2D eigenvalue weighted by atomic mass is 15.2. The molecule has 5 heteroatoms. The van der Waals surface area contributed by atoms with Gasteiger partial charge in [-0.05, 0) is 25.5 Å². The van der Waals surface area contributed by atoms with Gasteiger partial charge >= 0.3 is 0 Å². The van der Waals surface area contributed by atoms with Crippen molar-refractivity contribution in [3.05, 3.63) is 66.2 Å². The molecule has 0 unspecified atom stereocenters. The molecule has 0 bridgehead atoms. The average Bonchev–Trinajstić information content (AvgIpc) is 3.18. The van der Waals surface area contributed by atoms with Crippen LogP contribution in [-0.4, -0.2) is 31.6 Å². The van der Waals surface area contributed by atoms with Gasteiger partial charge in [0.05, 0.1) is 11.7 Å². The molecule has 1 aliphatic rings. The Morgan fingerprint density at radius 2 is 1.88 bits per heavy atom. The minimum Gasteiger partial charge on any atom is -0.290 e. The van der Waals surface area contributed by atoms with Crippen LogP contribution in [0.15, 0.2) is 55.0 Å². The summed E-state index contributed by atoms with van der Waals surface area (Å²) in [5.74, 6) is 0.781. The van der Waals surface area contributed by atoms with Crippen molar-refractivity contribution in [3.8, 4) is 11.4 Å². The number of rotatable bonds is 4. The highest BCUT2D eigenvalue weighted by molar-refractivity contribution is 5.53. The van der Waals surface area contributed by atoms with Crippen molar-refractivity contribution >= 4 is 0 Å². The van der Waals surface area contributed by atoms with E-state index in [1.165, 1.54) is 25.0 Å². The molecule has 0 saturated carbocycles. The molecule has 1 aromatic carbocycles. The molecule has 2 aromatic heterocycles. The molecule has 1 atom stereocenters. The van der Waals surface area contributed by atoms with Gasteiger partial charge in [-0.2, -0.15) is 5.10 Å². The van der Waals surface area contributed by atoms with Crippen molar-refractivity contribution in [2.45, 2.75) is 31.8 Å². The van der Waals surface area contributed by atoms with Crippen LogP contribution in [0.25, 0.3) is 11.4 Å². The molecule has 0 spiro atoms. The second-order valence-corrected chi connectivity index (χ2v) is 6.27. The minimum atomic E-state index is 0.412. The summed E-state index contributed by atoms with van der Waals surface area (Å²) in [6.07, 6.45) is 9.42. The van der Waals surface area contributed by atoms with Gasteiger partial charge in [0.15, 0.2) is 5.82 Å². The first-order valence-corrected chi connectivity index (χ1v) is 8.50. The Bertz CT molecular complexity index is 752. The number of aromatic nitrogens is 4. The number of benzene rings is 1.